The second-order valence-electron chi connectivity index (χ2n) is 11.9. The molecule has 42 heavy (non-hydrogen) atoms. The fourth-order valence-corrected chi connectivity index (χ4v) is 6.61. The minimum atomic E-state index is -0.920. The van der Waals surface area contributed by atoms with Crippen LogP contribution in [0.4, 0.5) is 0 Å². The first kappa shape index (κ1) is 27.0. The highest BCUT2D eigenvalue weighted by atomic mass is 16.5. The van der Waals surface area contributed by atoms with Gasteiger partial charge in [0.15, 0.2) is 0 Å². The lowest BCUT2D eigenvalue weighted by Gasteiger charge is -2.31. The van der Waals surface area contributed by atoms with Crippen LogP contribution in [0.5, 0.6) is 5.75 Å². The van der Waals surface area contributed by atoms with Crippen molar-refractivity contribution in [3.05, 3.63) is 70.9 Å². The fourth-order valence-electron chi connectivity index (χ4n) is 6.61. The molecule has 3 fully saturated rings. The van der Waals surface area contributed by atoms with Crippen molar-refractivity contribution >= 4 is 28.6 Å². The van der Waals surface area contributed by atoms with Crippen molar-refractivity contribution in [2.75, 3.05) is 26.3 Å². The topological polar surface area (TPSA) is 121 Å². The van der Waals surface area contributed by atoms with E-state index in [2.05, 4.69) is 22.3 Å². The van der Waals surface area contributed by atoms with Crippen LogP contribution in [0.2, 0.25) is 0 Å². The summed E-state index contributed by atoms with van der Waals surface area (Å²) in [7, 11) is 0. The summed E-state index contributed by atoms with van der Waals surface area (Å²) in [6, 6.07) is 15.2. The molecule has 2 aromatic carbocycles. The maximum Gasteiger partial charge on any atom is 0.255 e. The van der Waals surface area contributed by atoms with Crippen LogP contribution in [0.15, 0.2) is 48.5 Å². The first-order chi connectivity index (χ1) is 20.3. The highest BCUT2D eigenvalue weighted by molar-refractivity contribution is 6.05. The second kappa shape index (κ2) is 10.8. The number of carbonyl (C=O) groups excluding carboxylic acids is 3. The molecule has 1 aromatic heterocycles. The summed E-state index contributed by atoms with van der Waals surface area (Å²) >= 11 is 0. The van der Waals surface area contributed by atoms with E-state index in [4.69, 9.17) is 14.5 Å². The van der Waals surface area contributed by atoms with E-state index in [1.807, 2.05) is 30.3 Å². The number of nitrogens with one attached hydrogen (secondary N) is 1. The lowest BCUT2D eigenvalue weighted by atomic mass is 9.90. The summed E-state index contributed by atoms with van der Waals surface area (Å²) in [6.45, 7) is 3.94. The summed E-state index contributed by atoms with van der Waals surface area (Å²) in [4.78, 5) is 45.5. The molecule has 0 spiro atoms. The Hall–Kier alpha value is -3.86. The lowest BCUT2D eigenvalue weighted by molar-refractivity contribution is -0.136. The maximum atomic E-state index is 13.0. The van der Waals surface area contributed by atoms with Crippen LogP contribution < -0.4 is 10.1 Å². The Morgan fingerprint density at radius 1 is 1.05 bits per heavy atom. The Bertz CT molecular complexity index is 1570. The number of carbonyl (C=O) groups is 3. The number of hydrogen-bond acceptors (Lipinski definition) is 8. The Labute approximate surface area is 243 Å². The molecular weight excluding hydrogens is 536 g/mol. The van der Waals surface area contributed by atoms with E-state index in [9.17, 15) is 19.5 Å². The first-order valence-electron chi connectivity index (χ1n) is 14.7. The molecule has 0 radical (unpaired) electrons. The van der Waals surface area contributed by atoms with Crippen molar-refractivity contribution in [2.24, 2.45) is 0 Å². The molecule has 2 N–H and O–H groups in total. The van der Waals surface area contributed by atoms with Gasteiger partial charge in [0.2, 0.25) is 11.8 Å². The Kier molecular flexibility index (Phi) is 6.92. The zero-order valence-electron chi connectivity index (χ0n) is 23.4. The van der Waals surface area contributed by atoms with Gasteiger partial charge < -0.3 is 19.5 Å². The van der Waals surface area contributed by atoms with Gasteiger partial charge in [-0.25, -0.2) is 4.98 Å². The van der Waals surface area contributed by atoms with Crippen molar-refractivity contribution in [3.63, 3.8) is 0 Å². The first-order valence-corrected chi connectivity index (χ1v) is 14.7. The van der Waals surface area contributed by atoms with Crippen LogP contribution in [-0.4, -0.2) is 76.1 Å². The Morgan fingerprint density at radius 3 is 2.74 bits per heavy atom. The highest BCUT2D eigenvalue weighted by Gasteiger charge is 2.39. The lowest BCUT2D eigenvalue weighted by Crippen LogP contribution is -2.52. The number of hydrogen-bond donors (Lipinski definition) is 2. The van der Waals surface area contributed by atoms with Crippen LogP contribution in [0.25, 0.3) is 10.9 Å². The normalized spacial score (nSPS) is 24.2. The summed E-state index contributed by atoms with van der Waals surface area (Å²) in [5.74, 6) is -0.160. The van der Waals surface area contributed by atoms with Crippen LogP contribution in [0.3, 0.4) is 0 Å². The maximum absolute atomic E-state index is 13.0. The minimum absolute atomic E-state index is 0.0382. The van der Waals surface area contributed by atoms with Crippen molar-refractivity contribution in [3.8, 4) is 5.75 Å². The third-order valence-electron chi connectivity index (χ3n) is 8.98. The number of fused-ring (bicyclic) bond motifs is 2. The van der Waals surface area contributed by atoms with Crippen molar-refractivity contribution < 1.29 is 29.0 Å². The molecule has 0 saturated carbocycles. The predicted molar refractivity (Wildman–Crippen MR) is 152 cm³/mol. The van der Waals surface area contributed by atoms with Crippen molar-refractivity contribution in [1.29, 1.82) is 0 Å². The number of aliphatic hydroxyl groups is 1. The van der Waals surface area contributed by atoms with E-state index in [-0.39, 0.29) is 24.3 Å². The fraction of sp³-hybridized carbons (Fsp3) is 0.438. The molecule has 4 aliphatic heterocycles. The highest BCUT2D eigenvalue weighted by Crippen LogP contribution is 2.33. The summed E-state index contributed by atoms with van der Waals surface area (Å²) < 4.78 is 11.7. The van der Waals surface area contributed by atoms with Gasteiger partial charge in [-0.3, -0.25) is 24.6 Å². The summed E-state index contributed by atoms with van der Waals surface area (Å²) in [5, 5.41) is 14.4. The smallest absolute Gasteiger partial charge is 0.255 e. The number of benzene rings is 2. The molecule has 2 atom stereocenters. The van der Waals surface area contributed by atoms with Crippen molar-refractivity contribution in [1.82, 2.24) is 20.1 Å². The van der Waals surface area contributed by atoms with E-state index in [1.54, 1.807) is 11.0 Å². The number of ether oxygens (including phenoxy) is 2. The molecule has 10 nitrogen and oxygen atoms in total. The van der Waals surface area contributed by atoms with E-state index in [0.717, 1.165) is 48.3 Å². The molecule has 3 amide bonds. The minimum Gasteiger partial charge on any atom is -0.489 e. The molecule has 218 valence electrons. The zero-order valence-corrected chi connectivity index (χ0v) is 23.4. The van der Waals surface area contributed by atoms with Crippen LogP contribution in [-0.2, 0) is 33.0 Å². The van der Waals surface area contributed by atoms with E-state index >= 15 is 0 Å². The number of pyridine rings is 1. The van der Waals surface area contributed by atoms with E-state index in [0.29, 0.717) is 50.3 Å². The molecule has 3 aromatic rings. The number of likely N-dealkylation sites (tertiary alicyclic amines) is 1. The predicted octanol–water partition coefficient (Wildman–Crippen LogP) is 2.65. The molecule has 7 rings (SSSR count). The number of nitrogens with zero attached hydrogens (tertiary/aromatic N) is 3. The van der Waals surface area contributed by atoms with Gasteiger partial charge in [-0.2, -0.15) is 0 Å². The third kappa shape index (κ3) is 5.14. The molecule has 2 unspecified atom stereocenters. The number of aromatic nitrogens is 1. The number of amides is 3. The SMILES string of the molecule is O=C1CCC(N2Cc3cc(OC4CCN(Cc5ccc6nc(C7(O)CCOCC7)ccc6c5)C4)ccc3C2=O)C(=O)N1. The Balaban J connectivity index is 0.966. The average molecular weight is 571 g/mol. The van der Waals surface area contributed by atoms with Gasteiger partial charge in [-0.1, -0.05) is 12.1 Å². The third-order valence-corrected chi connectivity index (χ3v) is 8.98. The van der Waals surface area contributed by atoms with E-state index in [1.165, 1.54) is 5.56 Å². The van der Waals surface area contributed by atoms with Crippen LogP contribution in [0.1, 0.15) is 59.3 Å². The summed E-state index contributed by atoms with van der Waals surface area (Å²) in [6.07, 6.45) is 2.65. The number of rotatable bonds is 6. The molecular formula is C32H34N4O6. The standard InChI is InChI=1S/C32H34N4O6/c37-29-8-6-27(30(38)34-29)36-18-22-16-23(3-4-25(22)31(36)39)42-24-9-12-35(19-24)17-20-1-5-26-21(15-20)2-7-28(33-26)32(40)10-13-41-14-11-32/h1-5,7,15-16,24,27,40H,6,8-14,17-19H2,(H,34,37,38). The van der Waals surface area contributed by atoms with Crippen LogP contribution in [0, 0.1) is 0 Å². The van der Waals surface area contributed by atoms with Gasteiger partial charge in [0.25, 0.3) is 5.91 Å². The van der Waals surface area contributed by atoms with Crippen LogP contribution >= 0.6 is 0 Å². The number of imide groups is 1. The molecule has 3 saturated heterocycles. The zero-order chi connectivity index (χ0) is 28.8. The molecule has 5 heterocycles. The molecule has 0 bridgehead atoms. The Morgan fingerprint density at radius 2 is 1.90 bits per heavy atom. The largest absolute Gasteiger partial charge is 0.489 e. The van der Waals surface area contributed by atoms with Gasteiger partial charge >= 0.3 is 0 Å². The number of piperidine rings is 1. The van der Waals surface area contributed by atoms with E-state index < -0.39 is 17.6 Å². The second-order valence-corrected chi connectivity index (χ2v) is 11.9. The van der Waals surface area contributed by atoms with Gasteiger partial charge in [0, 0.05) is 69.6 Å². The quantitative estimate of drug-likeness (QED) is 0.434. The molecule has 0 aliphatic carbocycles. The van der Waals surface area contributed by atoms with Crippen molar-refractivity contribution in [2.45, 2.75) is 62.9 Å². The monoisotopic (exact) mass is 570 g/mol. The summed E-state index contributed by atoms with van der Waals surface area (Å²) in [5.41, 5.74) is 3.30. The van der Waals surface area contributed by atoms with Gasteiger partial charge in [-0.05, 0) is 60.4 Å². The van der Waals surface area contributed by atoms with Gasteiger partial charge in [-0.15, -0.1) is 0 Å². The molecule has 4 aliphatic rings. The molecule has 10 heteroatoms. The van der Waals surface area contributed by atoms with Gasteiger partial charge in [0.05, 0.1) is 11.2 Å². The average Bonchev–Trinajstić information content (AvgIpc) is 3.56. The van der Waals surface area contributed by atoms with Gasteiger partial charge in [0.1, 0.15) is 23.5 Å².